The van der Waals surface area contributed by atoms with Crippen LogP contribution in [0.25, 0.3) is 0 Å². The Kier molecular flexibility index (Phi) is 4.37. The summed E-state index contributed by atoms with van der Waals surface area (Å²) >= 11 is 0. The largest absolute Gasteiger partial charge is 0.494 e. The first-order chi connectivity index (χ1) is 10.7. The van der Waals surface area contributed by atoms with Crippen LogP contribution in [0.5, 0.6) is 5.75 Å². The molecular weight excluding hydrogens is 270 g/mol. The molecule has 2 heteroatoms. The van der Waals surface area contributed by atoms with E-state index in [9.17, 15) is 0 Å². The quantitative estimate of drug-likeness (QED) is 0.807. The van der Waals surface area contributed by atoms with Gasteiger partial charge in [0.15, 0.2) is 0 Å². The molecular formula is C20H25NO. The Balaban J connectivity index is 1.85. The summed E-state index contributed by atoms with van der Waals surface area (Å²) in [6.07, 6.45) is 2.21. The number of rotatable bonds is 5. The molecule has 0 bridgehead atoms. The van der Waals surface area contributed by atoms with Crippen LogP contribution in [0.3, 0.4) is 0 Å². The predicted octanol–water partition coefficient (Wildman–Crippen LogP) is 5.31. The molecule has 116 valence electrons. The summed E-state index contributed by atoms with van der Waals surface area (Å²) in [6, 6.07) is 15.5. The average Bonchev–Trinajstić information content (AvgIpc) is 2.97. The van der Waals surface area contributed by atoms with Gasteiger partial charge in [-0.2, -0.15) is 0 Å². The van der Waals surface area contributed by atoms with Gasteiger partial charge < -0.3 is 10.1 Å². The molecule has 22 heavy (non-hydrogen) atoms. The van der Waals surface area contributed by atoms with Gasteiger partial charge in [-0.05, 0) is 48.9 Å². The monoisotopic (exact) mass is 295 g/mol. The molecule has 1 aliphatic heterocycles. The number of benzene rings is 2. The fourth-order valence-corrected chi connectivity index (χ4v) is 3.17. The van der Waals surface area contributed by atoms with E-state index < -0.39 is 0 Å². The molecule has 2 aromatic carbocycles. The lowest BCUT2D eigenvalue weighted by atomic mass is 9.95. The van der Waals surface area contributed by atoms with E-state index in [2.05, 4.69) is 55.6 Å². The second-order valence-corrected chi connectivity index (χ2v) is 6.10. The molecule has 1 heterocycles. The van der Waals surface area contributed by atoms with Crippen molar-refractivity contribution in [3.8, 4) is 5.75 Å². The lowest BCUT2D eigenvalue weighted by Crippen LogP contribution is -2.08. The standard InChI is InChI=1S/C20H25NO/c1-4-14(3)15-10-11-18-16(12-15)13-19(21-18)17-8-6-7-9-20(17)22-5-2/h6-12,14,19,21H,4-5,13H2,1-3H3. The number of hydrogen-bond donors (Lipinski definition) is 1. The molecule has 2 atom stereocenters. The lowest BCUT2D eigenvalue weighted by molar-refractivity contribution is 0.335. The first-order valence-electron chi connectivity index (χ1n) is 8.34. The Morgan fingerprint density at radius 3 is 2.77 bits per heavy atom. The maximum Gasteiger partial charge on any atom is 0.124 e. The van der Waals surface area contributed by atoms with Gasteiger partial charge in [0, 0.05) is 11.3 Å². The van der Waals surface area contributed by atoms with Crippen LogP contribution >= 0.6 is 0 Å². The van der Waals surface area contributed by atoms with Gasteiger partial charge >= 0.3 is 0 Å². The third-order valence-electron chi connectivity index (χ3n) is 4.66. The Morgan fingerprint density at radius 2 is 2.00 bits per heavy atom. The Morgan fingerprint density at radius 1 is 1.18 bits per heavy atom. The first kappa shape index (κ1) is 15.0. The van der Waals surface area contributed by atoms with Gasteiger partial charge in [0.05, 0.1) is 12.6 Å². The number of hydrogen-bond acceptors (Lipinski definition) is 2. The Bertz CT molecular complexity index is 650. The van der Waals surface area contributed by atoms with Crippen molar-refractivity contribution in [2.75, 3.05) is 11.9 Å². The smallest absolute Gasteiger partial charge is 0.124 e. The molecule has 1 aliphatic rings. The second-order valence-electron chi connectivity index (χ2n) is 6.10. The second kappa shape index (κ2) is 6.43. The molecule has 0 aliphatic carbocycles. The van der Waals surface area contributed by atoms with E-state index in [1.807, 2.05) is 13.0 Å². The maximum absolute atomic E-state index is 5.79. The normalized spacial score (nSPS) is 17.7. The van der Waals surface area contributed by atoms with Gasteiger partial charge in [0.25, 0.3) is 0 Å². The molecule has 3 rings (SSSR count). The zero-order valence-corrected chi connectivity index (χ0v) is 13.7. The number of ether oxygens (including phenoxy) is 1. The highest BCUT2D eigenvalue weighted by atomic mass is 16.5. The lowest BCUT2D eigenvalue weighted by Gasteiger charge is -2.16. The fraction of sp³-hybridized carbons (Fsp3) is 0.400. The summed E-state index contributed by atoms with van der Waals surface area (Å²) in [4.78, 5) is 0. The molecule has 1 N–H and O–H groups in total. The SMILES string of the molecule is CCOc1ccccc1C1Cc2cc(C(C)CC)ccc2N1. The van der Waals surface area contributed by atoms with Crippen molar-refractivity contribution in [3.63, 3.8) is 0 Å². The fourth-order valence-electron chi connectivity index (χ4n) is 3.17. The summed E-state index contributed by atoms with van der Waals surface area (Å²) in [5.74, 6) is 1.62. The van der Waals surface area contributed by atoms with Gasteiger partial charge in [-0.15, -0.1) is 0 Å². The van der Waals surface area contributed by atoms with E-state index in [0.717, 1.165) is 12.2 Å². The zero-order valence-electron chi connectivity index (χ0n) is 13.7. The molecule has 0 aromatic heterocycles. The van der Waals surface area contributed by atoms with E-state index in [-0.39, 0.29) is 0 Å². The molecule has 0 spiro atoms. The third-order valence-corrected chi connectivity index (χ3v) is 4.66. The van der Waals surface area contributed by atoms with E-state index >= 15 is 0 Å². The van der Waals surface area contributed by atoms with Crippen molar-refractivity contribution in [2.24, 2.45) is 0 Å². The Labute approximate surface area is 133 Å². The van der Waals surface area contributed by atoms with Crippen LogP contribution < -0.4 is 10.1 Å². The predicted molar refractivity (Wildman–Crippen MR) is 92.8 cm³/mol. The summed E-state index contributed by atoms with van der Waals surface area (Å²) in [7, 11) is 0. The molecule has 0 fully saturated rings. The third kappa shape index (κ3) is 2.83. The van der Waals surface area contributed by atoms with E-state index in [1.54, 1.807) is 0 Å². The number of fused-ring (bicyclic) bond motifs is 1. The van der Waals surface area contributed by atoms with Gasteiger partial charge in [-0.25, -0.2) is 0 Å². The van der Waals surface area contributed by atoms with Crippen LogP contribution in [0.1, 0.15) is 55.8 Å². The van der Waals surface area contributed by atoms with Gasteiger partial charge in [0.1, 0.15) is 5.75 Å². The molecule has 0 amide bonds. The minimum absolute atomic E-state index is 0.310. The summed E-state index contributed by atoms with van der Waals surface area (Å²) in [5.41, 5.74) is 5.39. The van der Waals surface area contributed by atoms with Gasteiger partial charge in [-0.1, -0.05) is 44.2 Å². The van der Waals surface area contributed by atoms with Gasteiger partial charge in [-0.3, -0.25) is 0 Å². The van der Waals surface area contributed by atoms with Crippen LogP contribution in [0.15, 0.2) is 42.5 Å². The minimum atomic E-state index is 0.310. The molecule has 0 saturated heterocycles. The maximum atomic E-state index is 5.79. The highest BCUT2D eigenvalue weighted by molar-refractivity contribution is 5.60. The van der Waals surface area contributed by atoms with E-state index in [4.69, 9.17) is 4.74 Å². The Hall–Kier alpha value is -1.96. The number of para-hydroxylation sites is 1. The summed E-state index contributed by atoms with van der Waals surface area (Å²) in [5, 5.41) is 3.65. The summed E-state index contributed by atoms with van der Waals surface area (Å²) in [6.45, 7) is 7.28. The van der Waals surface area contributed by atoms with Crippen LogP contribution in [-0.2, 0) is 6.42 Å². The molecule has 0 radical (unpaired) electrons. The van der Waals surface area contributed by atoms with Crippen LogP contribution in [0, 0.1) is 0 Å². The van der Waals surface area contributed by atoms with Crippen molar-refractivity contribution in [2.45, 2.75) is 45.6 Å². The van der Waals surface area contributed by atoms with E-state index in [1.165, 1.54) is 28.8 Å². The number of anilines is 1. The van der Waals surface area contributed by atoms with Crippen LogP contribution in [0.2, 0.25) is 0 Å². The van der Waals surface area contributed by atoms with Crippen molar-refractivity contribution in [1.82, 2.24) is 0 Å². The van der Waals surface area contributed by atoms with Crippen molar-refractivity contribution in [1.29, 1.82) is 0 Å². The highest BCUT2D eigenvalue weighted by Gasteiger charge is 2.25. The molecule has 2 aromatic rings. The minimum Gasteiger partial charge on any atom is -0.494 e. The van der Waals surface area contributed by atoms with Crippen molar-refractivity contribution < 1.29 is 4.74 Å². The van der Waals surface area contributed by atoms with Crippen molar-refractivity contribution >= 4 is 5.69 Å². The van der Waals surface area contributed by atoms with Crippen LogP contribution in [0.4, 0.5) is 5.69 Å². The average molecular weight is 295 g/mol. The van der Waals surface area contributed by atoms with Crippen molar-refractivity contribution in [3.05, 3.63) is 59.2 Å². The first-order valence-corrected chi connectivity index (χ1v) is 8.34. The highest BCUT2D eigenvalue weighted by Crippen LogP contribution is 2.39. The number of nitrogens with one attached hydrogen (secondary N) is 1. The van der Waals surface area contributed by atoms with E-state index in [0.29, 0.717) is 18.6 Å². The molecule has 0 saturated carbocycles. The van der Waals surface area contributed by atoms with Gasteiger partial charge in [0.2, 0.25) is 0 Å². The zero-order chi connectivity index (χ0) is 15.5. The molecule has 2 nitrogen and oxygen atoms in total. The summed E-state index contributed by atoms with van der Waals surface area (Å²) < 4.78 is 5.79. The topological polar surface area (TPSA) is 21.3 Å². The van der Waals surface area contributed by atoms with Crippen LogP contribution in [-0.4, -0.2) is 6.61 Å². The molecule has 2 unspecified atom stereocenters.